The molecule has 0 radical (unpaired) electrons. The summed E-state index contributed by atoms with van der Waals surface area (Å²) in [6.45, 7) is 5.92. The zero-order valence-corrected chi connectivity index (χ0v) is 16.0. The van der Waals surface area contributed by atoms with Crippen molar-refractivity contribution in [1.29, 1.82) is 0 Å². The largest absolute Gasteiger partial charge is 0.494 e. The molecule has 0 aliphatic heterocycles. The molecule has 1 amide bonds. The van der Waals surface area contributed by atoms with Crippen molar-refractivity contribution in [2.45, 2.75) is 32.8 Å². The SMILES string of the molecule is COc1ccc(COC(=O)CNC(=O)c2ccc(C(C)(C)C)cc2)cc1F. The predicted octanol–water partition coefficient (Wildman–Crippen LogP) is 3.61. The van der Waals surface area contributed by atoms with Gasteiger partial charge in [-0.1, -0.05) is 39.0 Å². The Morgan fingerprint density at radius 1 is 1.07 bits per heavy atom. The fourth-order valence-electron chi connectivity index (χ4n) is 2.39. The van der Waals surface area contributed by atoms with Crippen LogP contribution in [0.2, 0.25) is 0 Å². The van der Waals surface area contributed by atoms with Crippen LogP contribution in [-0.4, -0.2) is 25.5 Å². The van der Waals surface area contributed by atoms with Gasteiger partial charge in [0.1, 0.15) is 13.2 Å². The normalized spacial score (nSPS) is 11.0. The topological polar surface area (TPSA) is 64.6 Å². The first-order valence-corrected chi connectivity index (χ1v) is 8.57. The molecule has 0 heterocycles. The molecule has 0 spiro atoms. The Kier molecular flexibility index (Phi) is 6.55. The smallest absolute Gasteiger partial charge is 0.325 e. The Labute approximate surface area is 158 Å². The molecule has 0 aromatic heterocycles. The summed E-state index contributed by atoms with van der Waals surface area (Å²) < 4.78 is 23.5. The van der Waals surface area contributed by atoms with Crippen LogP contribution in [-0.2, 0) is 21.6 Å². The molecule has 0 fully saturated rings. The van der Waals surface area contributed by atoms with Gasteiger partial charge < -0.3 is 14.8 Å². The molecule has 5 nitrogen and oxygen atoms in total. The predicted molar refractivity (Wildman–Crippen MR) is 100 cm³/mol. The number of rotatable bonds is 6. The molecule has 2 aromatic rings. The minimum Gasteiger partial charge on any atom is -0.494 e. The molecule has 1 N–H and O–H groups in total. The monoisotopic (exact) mass is 373 g/mol. The van der Waals surface area contributed by atoms with Crippen LogP contribution in [0.25, 0.3) is 0 Å². The molecular formula is C21H24FNO4. The van der Waals surface area contributed by atoms with Crippen molar-refractivity contribution in [3.05, 3.63) is 65.0 Å². The van der Waals surface area contributed by atoms with Gasteiger partial charge in [-0.15, -0.1) is 0 Å². The number of methoxy groups -OCH3 is 1. The minimum absolute atomic E-state index is 0.000255. The van der Waals surface area contributed by atoms with Gasteiger partial charge in [0, 0.05) is 5.56 Å². The second-order valence-electron chi connectivity index (χ2n) is 7.14. The lowest BCUT2D eigenvalue weighted by Crippen LogP contribution is -2.30. The fraction of sp³-hybridized carbons (Fsp3) is 0.333. The molecule has 0 saturated heterocycles. The zero-order chi connectivity index (χ0) is 20.0. The first kappa shape index (κ1) is 20.4. The third-order valence-corrected chi connectivity index (χ3v) is 4.02. The van der Waals surface area contributed by atoms with Crippen LogP contribution in [0.15, 0.2) is 42.5 Å². The van der Waals surface area contributed by atoms with Gasteiger partial charge >= 0.3 is 5.97 Å². The van der Waals surface area contributed by atoms with E-state index in [4.69, 9.17) is 9.47 Å². The van der Waals surface area contributed by atoms with E-state index in [1.165, 1.54) is 19.2 Å². The lowest BCUT2D eigenvalue weighted by atomic mass is 9.87. The Morgan fingerprint density at radius 3 is 2.30 bits per heavy atom. The van der Waals surface area contributed by atoms with E-state index in [-0.39, 0.29) is 30.2 Å². The summed E-state index contributed by atoms with van der Waals surface area (Å²) in [6.07, 6.45) is 0. The Bertz CT molecular complexity index is 810. The first-order valence-electron chi connectivity index (χ1n) is 8.57. The van der Waals surface area contributed by atoms with Gasteiger partial charge in [0.15, 0.2) is 11.6 Å². The fourth-order valence-corrected chi connectivity index (χ4v) is 2.39. The van der Waals surface area contributed by atoms with Crippen molar-refractivity contribution in [2.24, 2.45) is 0 Å². The molecule has 2 rings (SSSR count). The maximum Gasteiger partial charge on any atom is 0.325 e. The Hall–Kier alpha value is -2.89. The second kappa shape index (κ2) is 8.66. The van der Waals surface area contributed by atoms with Crippen LogP contribution in [0.4, 0.5) is 4.39 Å². The van der Waals surface area contributed by atoms with Gasteiger partial charge in [0.2, 0.25) is 0 Å². The summed E-state index contributed by atoms with van der Waals surface area (Å²) in [5.41, 5.74) is 2.07. The molecule has 0 atom stereocenters. The van der Waals surface area contributed by atoms with E-state index in [2.05, 4.69) is 26.1 Å². The number of halogens is 1. The number of amides is 1. The van der Waals surface area contributed by atoms with Crippen LogP contribution >= 0.6 is 0 Å². The quantitative estimate of drug-likeness (QED) is 0.786. The van der Waals surface area contributed by atoms with E-state index in [0.717, 1.165) is 5.56 Å². The van der Waals surface area contributed by atoms with E-state index in [0.29, 0.717) is 11.1 Å². The van der Waals surface area contributed by atoms with E-state index >= 15 is 0 Å². The van der Waals surface area contributed by atoms with Crippen molar-refractivity contribution in [1.82, 2.24) is 5.32 Å². The summed E-state index contributed by atoms with van der Waals surface area (Å²) in [7, 11) is 1.37. The van der Waals surface area contributed by atoms with E-state index in [1.807, 2.05) is 12.1 Å². The lowest BCUT2D eigenvalue weighted by molar-refractivity contribution is -0.143. The van der Waals surface area contributed by atoms with Gasteiger partial charge in [-0.05, 0) is 40.8 Å². The average molecular weight is 373 g/mol. The number of carbonyl (C=O) groups is 2. The molecule has 0 aliphatic rings. The first-order chi connectivity index (χ1) is 12.7. The Morgan fingerprint density at radius 2 is 1.74 bits per heavy atom. The highest BCUT2D eigenvalue weighted by atomic mass is 19.1. The molecular weight excluding hydrogens is 349 g/mol. The van der Waals surface area contributed by atoms with Crippen LogP contribution in [0.3, 0.4) is 0 Å². The number of esters is 1. The highest BCUT2D eigenvalue weighted by Gasteiger charge is 2.15. The third kappa shape index (κ3) is 5.81. The van der Waals surface area contributed by atoms with Crippen LogP contribution in [0.5, 0.6) is 5.75 Å². The van der Waals surface area contributed by atoms with Crippen LogP contribution in [0.1, 0.15) is 42.3 Å². The highest BCUT2D eigenvalue weighted by molar-refractivity contribution is 5.95. The molecule has 27 heavy (non-hydrogen) atoms. The minimum atomic E-state index is -0.606. The molecule has 0 unspecified atom stereocenters. The van der Waals surface area contributed by atoms with Gasteiger partial charge in [0.25, 0.3) is 5.91 Å². The molecule has 0 bridgehead atoms. The summed E-state index contributed by atoms with van der Waals surface area (Å²) in [6, 6.07) is 11.5. The maximum absolute atomic E-state index is 13.6. The van der Waals surface area contributed by atoms with Gasteiger partial charge in [0.05, 0.1) is 7.11 Å². The van der Waals surface area contributed by atoms with Crippen LogP contribution < -0.4 is 10.1 Å². The van der Waals surface area contributed by atoms with Gasteiger partial charge in [-0.3, -0.25) is 9.59 Å². The molecule has 2 aromatic carbocycles. The number of hydrogen-bond donors (Lipinski definition) is 1. The highest BCUT2D eigenvalue weighted by Crippen LogP contribution is 2.22. The second-order valence-corrected chi connectivity index (χ2v) is 7.14. The van der Waals surface area contributed by atoms with Gasteiger partial charge in [-0.2, -0.15) is 0 Å². The van der Waals surface area contributed by atoms with Crippen molar-refractivity contribution < 1.29 is 23.5 Å². The summed E-state index contributed by atoms with van der Waals surface area (Å²) >= 11 is 0. The molecule has 0 aliphatic carbocycles. The number of carbonyl (C=O) groups excluding carboxylic acids is 2. The van der Waals surface area contributed by atoms with Crippen LogP contribution in [0, 0.1) is 5.82 Å². The van der Waals surface area contributed by atoms with E-state index in [1.54, 1.807) is 18.2 Å². The summed E-state index contributed by atoms with van der Waals surface area (Å²) in [5.74, 6) is -1.37. The average Bonchev–Trinajstić information content (AvgIpc) is 2.64. The number of ether oxygens (including phenoxy) is 2. The van der Waals surface area contributed by atoms with Crippen molar-refractivity contribution in [3.63, 3.8) is 0 Å². The standard InChI is InChI=1S/C21H24FNO4/c1-21(2,3)16-8-6-15(7-9-16)20(25)23-12-19(24)27-13-14-5-10-18(26-4)17(22)11-14/h5-11H,12-13H2,1-4H3,(H,23,25). The van der Waals surface area contributed by atoms with E-state index in [9.17, 15) is 14.0 Å². The molecule has 144 valence electrons. The number of benzene rings is 2. The molecule has 0 saturated carbocycles. The van der Waals surface area contributed by atoms with Crippen molar-refractivity contribution in [2.75, 3.05) is 13.7 Å². The Balaban J connectivity index is 1.82. The maximum atomic E-state index is 13.6. The lowest BCUT2D eigenvalue weighted by Gasteiger charge is -2.19. The zero-order valence-electron chi connectivity index (χ0n) is 16.0. The summed E-state index contributed by atoms with van der Waals surface area (Å²) in [5, 5.41) is 2.52. The summed E-state index contributed by atoms with van der Waals surface area (Å²) in [4.78, 5) is 23.9. The van der Waals surface area contributed by atoms with Gasteiger partial charge in [-0.25, -0.2) is 4.39 Å². The number of nitrogens with one attached hydrogen (secondary N) is 1. The number of hydrogen-bond acceptors (Lipinski definition) is 4. The van der Waals surface area contributed by atoms with Crippen molar-refractivity contribution in [3.8, 4) is 5.75 Å². The van der Waals surface area contributed by atoms with E-state index < -0.39 is 11.8 Å². The molecule has 6 heteroatoms. The third-order valence-electron chi connectivity index (χ3n) is 4.02. The van der Waals surface area contributed by atoms with Crippen molar-refractivity contribution >= 4 is 11.9 Å².